The van der Waals surface area contributed by atoms with E-state index in [0.717, 1.165) is 18.2 Å². The van der Waals surface area contributed by atoms with Crippen LogP contribution in [0, 0.1) is 5.82 Å². The van der Waals surface area contributed by atoms with Crippen LogP contribution >= 0.6 is 0 Å². The molecule has 0 unspecified atom stereocenters. The first-order valence-electron chi connectivity index (χ1n) is 9.14. The highest BCUT2D eigenvalue weighted by Crippen LogP contribution is 2.31. The lowest BCUT2D eigenvalue weighted by Crippen LogP contribution is -2.40. The van der Waals surface area contributed by atoms with Crippen LogP contribution in [0.4, 0.5) is 32.8 Å². The minimum Gasteiger partial charge on any atom is -0.410 e. The molecular weight excluding hydrogens is 422 g/mol. The van der Waals surface area contributed by atoms with Crippen molar-refractivity contribution in [1.29, 1.82) is 0 Å². The molecule has 0 aliphatic carbocycles. The summed E-state index contributed by atoms with van der Waals surface area (Å²) in [4.78, 5) is 30.0. The molecule has 2 amide bonds. The molecular formula is C20H17F4N3O4. The third-order valence-corrected chi connectivity index (χ3v) is 4.31. The monoisotopic (exact) mass is 439 g/mol. The van der Waals surface area contributed by atoms with Crippen LogP contribution in [0.3, 0.4) is 0 Å². The van der Waals surface area contributed by atoms with Crippen molar-refractivity contribution in [1.82, 2.24) is 4.90 Å². The first kappa shape index (κ1) is 22.1. The predicted octanol–water partition coefficient (Wildman–Crippen LogP) is 5.04. The molecule has 0 bridgehead atoms. The SMILES string of the molecule is O=C(Nc1ccc(F)cc1)ON=C1CCN(C(=O)Oc2cccc(C(F)(F)F)c2)CC1. The minimum atomic E-state index is -4.54. The van der Waals surface area contributed by atoms with Gasteiger partial charge >= 0.3 is 18.4 Å². The number of carbonyl (C=O) groups excluding carboxylic acids is 2. The summed E-state index contributed by atoms with van der Waals surface area (Å²) in [6, 6.07) is 9.12. The van der Waals surface area contributed by atoms with E-state index < -0.39 is 29.7 Å². The van der Waals surface area contributed by atoms with Crippen molar-refractivity contribution in [3.63, 3.8) is 0 Å². The number of ether oxygens (including phenoxy) is 1. The van der Waals surface area contributed by atoms with E-state index in [4.69, 9.17) is 9.57 Å². The Hall–Kier alpha value is -3.63. The lowest BCUT2D eigenvalue weighted by Gasteiger charge is -2.26. The standard InChI is InChI=1S/C20H17F4N3O4/c21-14-4-6-15(7-5-14)25-18(28)31-26-16-8-10-27(11-9-16)19(29)30-17-3-1-2-13(12-17)20(22,23)24/h1-7,12H,8-11H2,(H,25,28). The second-order valence-corrected chi connectivity index (χ2v) is 6.55. The Balaban J connectivity index is 1.47. The lowest BCUT2D eigenvalue weighted by molar-refractivity contribution is -0.137. The van der Waals surface area contributed by atoms with Gasteiger partial charge in [0.2, 0.25) is 0 Å². The summed E-state index contributed by atoms with van der Waals surface area (Å²) in [5, 5.41) is 6.12. The van der Waals surface area contributed by atoms with Gasteiger partial charge in [-0.25, -0.2) is 14.0 Å². The second-order valence-electron chi connectivity index (χ2n) is 6.55. The van der Waals surface area contributed by atoms with E-state index in [-0.39, 0.29) is 18.8 Å². The normalized spacial score (nSPS) is 14.1. The van der Waals surface area contributed by atoms with Crippen LogP contribution in [0.15, 0.2) is 53.7 Å². The first-order valence-corrected chi connectivity index (χ1v) is 9.14. The molecule has 31 heavy (non-hydrogen) atoms. The van der Waals surface area contributed by atoms with Gasteiger partial charge in [-0.15, -0.1) is 0 Å². The Bertz CT molecular complexity index is 967. The number of likely N-dealkylation sites (tertiary alicyclic amines) is 1. The van der Waals surface area contributed by atoms with Crippen LogP contribution in [-0.2, 0) is 11.0 Å². The molecule has 2 aromatic rings. The number of rotatable bonds is 3. The number of hydrogen-bond acceptors (Lipinski definition) is 5. The van der Waals surface area contributed by atoms with Gasteiger partial charge in [-0.3, -0.25) is 10.2 Å². The van der Waals surface area contributed by atoms with Crippen LogP contribution in [0.1, 0.15) is 18.4 Å². The number of nitrogens with one attached hydrogen (secondary N) is 1. The molecule has 0 atom stereocenters. The fourth-order valence-corrected chi connectivity index (χ4v) is 2.72. The zero-order valence-electron chi connectivity index (χ0n) is 16.0. The first-order chi connectivity index (χ1) is 14.7. The number of piperidine rings is 1. The number of carbonyl (C=O) groups is 2. The van der Waals surface area contributed by atoms with Crippen molar-refractivity contribution in [2.45, 2.75) is 19.0 Å². The summed E-state index contributed by atoms with van der Waals surface area (Å²) >= 11 is 0. The second kappa shape index (κ2) is 9.45. The van der Waals surface area contributed by atoms with Crippen LogP contribution in [0.5, 0.6) is 5.75 Å². The van der Waals surface area contributed by atoms with Crippen molar-refractivity contribution in [3.8, 4) is 5.75 Å². The molecule has 7 nitrogen and oxygen atoms in total. The van der Waals surface area contributed by atoms with Crippen molar-refractivity contribution in [2.75, 3.05) is 18.4 Å². The molecule has 1 heterocycles. The highest BCUT2D eigenvalue weighted by atomic mass is 19.4. The fraction of sp³-hybridized carbons (Fsp3) is 0.250. The Kier molecular flexibility index (Phi) is 6.73. The highest BCUT2D eigenvalue weighted by molar-refractivity contribution is 5.89. The van der Waals surface area contributed by atoms with Gasteiger partial charge in [0.15, 0.2) is 0 Å². The predicted molar refractivity (Wildman–Crippen MR) is 102 cm³/mol. The minimum absolute atomic E-state index is 0.194. The Morgan fingerprint density at radius 1 is 1.03 bits per heavy atom. The van der Waals surface area contributed by atoms with Gasteiger partial charge in [-0.2, -0.15) is 13.2 Å². The number of oxime groups is 1. The van der Waals surface area contributed by atoms with Crippen molar-refractivity contribution in [2.24, 2.45) is 5.16 Å². The van der Waals surface area contributed by atoms with Crippen LogP contribution in [-0.4, -0.2) is 35.9 Å². The summed E-state index contributed by atoms with van der Waals surface area (Å²) in [5.74, 6) is -0.655. The number of alkyl halides is 3. The Labute approximate surface area is 174 Å². The molecule has 164 valence electrons. The number of hydrogen-bond donors (Lipinski definition) is 1. The molecule has 0 aromatic heterocycles. The lowest BCUT2D eigenvalue weighted by atomic mass is 10.1. The van der Waals surface area contributed by atoms with E-state index in [9.17, 15) is 27.2 Å². The van der Waals surface area contributed by atoms with Crippen molar-refractivity contribution in [3.05, 3.63) is 59.9 Å². The summed E-state index contributed by atoms with van der Waals surface area (Å²) in [6.45, 7) is 0.388. The highest BCUT2D eigenvalue weighted by Gasteiger charge is 2.31. The number of benzene rings is 2. The molecule has 1 saturated heterocycles. The van der Waals surface area contributed by atoms with Crippen LogP contribution in [0.2, 0.25) is 0 Å². The number of anilines is 1. The molecule has 1 fully saturated rings. The zero-order valence-corrected chi connectivity index (χ0v) is 16.0. The van der Waals surface area contributed by atoms with E-state index >= 15 is 0 Å². The maximum absolute atomic E-state index is 12.8. The number of halogens is 4. The average Bonchev–Trinajstić information content (AvgIpc) is 2.74. The van der Waals surface area contributed by atoms with Crippen molar-refractivity contribution < 1.29 is 36.7 Å². The largest absolute Gasteiger partial charge is 0.437 e. The van der Waals surface area contributed by atoms with Gasteiger partial charge in [0.05, 0.1) is 11.3 Å². The van der Waals surface area contributed by atoms with E-state index in [2.05, 4.69) is 10.5 Å². The summed E-state index contributed by atoms with van der Waals surface area (Å²) in [5.41, 5.74) is -0.0574. The zero-order chi connectivity index (χ0) is 22.4. The van der Waals surface area contributed by atoms with Gasteiger partial charge in [-0.1, -0.05) is 11.2 Å². The Morgan fingerprint density at radius 3 is 2.35 bits per heavy atom. The molecule has 3 rings (SSSR count). The van der Waals surface area contributed by atoms with Gasteiger partial charge < -0.3 is 9.64 Å². The maximum Gasteiger partial charge on any atom is 0.437 e. The molecule has 0 spiro atoms. The van der Waals surface area contributed by atoms with Gasteiger partial charge in [0, 0.05) is 31.6 Å². The summed E-state index contributed by atoms with van der Waals surface area (Å²) < 4.78 is 56.1. The van der Waals surface area contributed by atoms with E-state index in [1.807, 2.05) is 0 Å². The maximum atomic E-state index is 12.8. The third-order valence-electron chi connectivity index (χ3n) is 4.31. The van der Waals surface area contributed by atoms with Crippen LogP contribution in [0.25, 0.3) is 0 Å². The van der Waals surface area contributed by atoms with E-state index in [1.165, 1.54) is 35.2 Å². The molecule has 11 heteroatoms. The van der Waals surface area contributed by atoms with Gasteiger partial charge in [0.1, 0.15) is 11.6 Å². The number of nitrogens with zero attached hydrogens (tertiary/aromatic N) is 2. The molecule has 1 aliphatic heterocycles. The number of amides is 2. The quantitative estimate of drug-likeness (QED) is 0.413. The fourth-order valence-electron chi connectivity index (χ4n) is 2.72. The molecule has 0 saturated carbocycles. The van der Waals surface area contributed by atoms with Gasteiger partial charge in [-0.05, 0) is 42.5 Å². The van der Waals surface area contributed by atoms with Gasteiger partial charge in [0.25, 0.3) is 0 Å². The van der Waals surface area contributed by atoms with E-state index in [1.54, 1.807) is 0 Å². The molecule has 2 aromatic carbocycles. The Morgan fingerprint density at radius 2 is 1.71 bits per heavy atom. The third kappa shape index (κ3) is 6.43. The van der Waals surface area contributed by atoms with Crippen LogP contribution < -0.4 is 10.1 Å². The molecule has 1 aliphatic rings. The topological polar surface area (TPSA) is 80.2 Å². The smallest absolute Gasteiger partial charge is 0.410 e. The average molecular weight is 439 g/mol. The molecule has 1 N–H and O–H groups in total. The van der Waals surface area contributed by atoms with E-state index in [0.29, 0.717) is 24.2 Å². The molecule has 0 radical (unpaired) electrons. The summed E-state index contributed by atoms with van der Waals surface area (Å²) in [6.07, 6.45) is -5.59. The summed E-state index contributed by atoms with van der Waals surface area (Å²) in [7, 11) is 0. The van der Waals surface area contributed by atoms with Crippen molar-refractivity contribution >= 4 is 23.6 Å².